The smallest absolute Gasteiger partial charge is 0.289 e. The molecule has 0 aromatic carbocycles. The van der Waals surface area contributed by atoms with E-state index in [1.54, 1.807) is 29.4 Å². The van der Waals surface area contributed by atoms with Crippen molar-refractivity contribution in [2.75, 3.05) is 44.2 Å². The molecule has 0 radical (unpaired) electrons. The minimum atomic E-state index is -0.0987. The molecule has 2 aromatic rings. The molecule has 1 saturated heterocycles. The lowest BCUT2D eigenvalue weighted by molar-refractivity contribution is 0.0712. The second kappa shape index (κ2) is 9.34. The average Bonchev–Trinajstić information content (AvgIpc) is 3.28. The highest BCUT2D eigenvalue weighted by Crippen LogP contribution is 2.14. The summed E-state index contributed by atoms with van der Waals surface area (Å²) in [6.45, 7) is 8.02. The minimum Gasteiger partial charge on any atom is -0.459 e. The molecular formula is C20H27N5O3. The quantitative estimate of drug-likeness (QED) is 0.727. The second-order valence-electron chi connectivity index (χ2n) is 6.82. The maximum Gasteiger partial charge on any atom is 0.289 e. The molecule has 8 nitrogen and oxygen atoms in total. The predicted octanol–water partition coefficient (Wildman–Crippen LogP) is 2.29. The highest BCUT2D eigenvalue weighted by atomic mass is 16.3. The van der Waals surface area contributed by atoms with E-state index in [1.807, 2.05) is 9.80 Å². The summed E-state index contributed by atoms with van der Waals surface area (Å²) in [5, 5.41) is 0. The van der Waals surface area contributed by atoms with Gasteiger partial charge in [-0.05, 0) is 25.0 Å². The van der Waals surface area contributed by atoms with E-state index < -0.39 is 0 Å². The highest BCUT2D eigenvalue weighted by Gasteiger charge is 2.25. The first-order valence-electron chi connectivity index (χ1n) is 9.83. The summed E-state index contributed by atoms with van der Waals surface area (Å²) in [7, 11) is 0. The van der Waals surface area contributed by atoms with Crippen LogP contribution in [-0.4, -0.2) is 70.9 Å². The van der Waals surface area contributed by atoms with Crippen LogP contribution in [0.5, 0.6) is 0 Å². The van der Waals surface area contributed by atoms with Crippen LogP contribution < -0.4 is 4.90 Å². The molecule has 0 saturated carbocycles. The molecule has 0 unspecified atom stereocenters. The zero-order valence-corrected chi connectivity index (χ0v) is 16.5. The predicted molar refractivity (Wildman–Crippen MR) is 105 cm³/mol. The first-order chi connectivity index (χ1) is 13.6. The van der Waals surface area contributed by atoms with Gasteiger partial charge in [0.2, 0.25) is 5.95 Å². The Labute approximate surface area is 165 Å². The zero-order chi connectivity index (χ0) is 19.9. The SMILES string of the molecule is CCCN(CCC)C(=O)c1cnc(N2CCN(C(=O)c3ccco3)CC2)nc1. The Hall–Kier alpha value is -2.90. The lowest BCUT2D eigenvalue weighted by Gasteiger charge is -2.34. The third-order valence-electron chi connectivity index (χ3n) is 4.74. The van der Waals surface area contributed by atoms with E-state index in [-0.39, 0.29) is 11.8 Å². The van der Waals surface area contributed by atoms with Gasteiger partial charge < -0.3 is 19.1 Å². The first kappa shape index (κ1) is 19.9. The summed E-state index contributed by atoms with van der Waals surface area (Å²) in [5.74, 6) is 0.818. The molecule has 8 heteroatoms. The van der Waals surface area contributed by atoms with Crippen LogP contribution in [0.4, 0.5) is 5.95 Å². The van der Waals surface area contributed by atoms with Gasteiger partial charge in [0.25, 0.3) is 11.8 Å². The van der Waals surface area contributed by atoms with Crippen LogP contribution in [0.3, 0.4) is 0 Å². The van der Waals surface area contributed by atoms with Gasteiger partial charge in [0, 0.05) is 51.7 Å². The van der Waals surface area contributed by atoms with Crippen molar-refractivity contribution in [2.45, 2.75) is 26.7 Å². The molecule has 0 N–H and O–H groups in total. The summed E-state index contributed by atoms with van der Waals surface area (Å²) in [4.78, 5) is 39.4. The van der Waals surface area contributed by atoms with Gasteiger partial charge in [-0.15, -0.1) is 0 Å². The number of hydrogen-bond acceptors (Lipinski definition) is 6. The van der Waals surface area contributed by atoms with Crippen LogP contribution in [0.1, 0.15) is 47.6 Å². The van der Waals surface area contributed by atoms with Gasteiger partial charge in [-0.3, -0.25) is 9.59 Å². The van der Waals surface area contributed by atoms with Gasteiger partial charge in [0.05, 0.1) is 11.8 Å². The third kappa shape index (κ3) is 4.49. The first-order valence-corrected chi connectivity index (χ1v) is 9.83. The normalized spacial score (nSPS) is 14.2. The molecule has 1 aliphatic rings. The Morgan fingerprint density at radius 2 is 1.71 bits per heavy atom. The van der Waals surface area contributed by atoms with Crippen LogP contribution >= 0.6 is 0 Å². The molecular weight excluding hydrogens is 358 g/mol. The molecule has 3 heterocycles. The van der Waals surface area contributed by atoms with E-state index >= 15 is 0 Å². The number of aromatic nitrogens is 2. The summed E-state index contributed by atoms with van der Waals surface area (Å²) in [6.07, 6.45) is 6.55. The fourth-order valence-corrected chi connectivity index (χ4v) is 3.30. The van der Waals surface area contributed by atoms with Gasteiger partial charge in [-0.25, -0.2) is 9.97 Å². The van der Waals surface area contributed by atoms with Crippen molar-refractivity contribution in [3.8, 4) is 0 Å². The number of hydrogen-bond donors (Lipinski definition) is 0. The van der Waals surface area contributed by atoms with Gasteiger partial charge in [0.1, 0.15) is 0 Å². The molecule has 3 rings (SSSR count). The van der Waals surface area contributed by atoms with E-state index in [0.29, 0.717) is 43.5 Å². The van der Waals surface area contributed by atoms with Crippen molar-refractivity contribution >= 4 is 17.8 Å². The highest BCUT2D eigenvalue weighted by molar-refractivity contribution is 5.93. The van der Waals surface area contributed by atoms with Crippen molar-refractivity contribution in [1.29, 1.82) is 0 Å². The minimum absolute atomic E-state index is 0.0240. The van der Waals surface area contributed by atoms with Crippen molar-refractivity contribution in [2.24, 2.45) is 0 Å². The maximum atomic E-state index is 12.6. The molecule has 150 valence electrons. The van der Waals surface area contributed by atoms with Crippen molar-refractivity contribution in [1.82, 2.24) is 19.8 Å². The lowest BCUT2D eigenvalue weighted by atomic mass is 10.2. The Bertz CT molecular complexity index is 762. The van der Waals surface area contributed by atoms with Crippen molar-refractivity contribution in [3.05, 3.63) is 42.1 Å². The number of rotatable bonds is 7. The Kier molecular flexibility index (Phi) is 6.62. The van der Waals surface area contributed by atoms with Crippen LogP contribution in [0.15, 0.2) is 35.2 Å². The molecule has 28 heavy (non-hydrogen) atoms. The van der Waals surface area contributed by atoms with Crippen molar-refractivity contribution < 1.29 is 14.0 Å². The number of piperazine rings is 1. The number of anilines is 1. The van der Waals surface area contributed by atoms with E-state index in [1.165, 1.54) is 6.26 Å². The molecule has 0 bridgehead atoms. The number of carbonyl (C=O) groups is 2. The Morgan fingerprint density at radius 1 is 1.07 bits per heavy atom. The summed E-state index contributed by atoms with van der Waals surface area (Å²) in [5.41, 5.74) is 0.511. The van der Waals surface area contributed by atoms with Gasteiger partial charge >= 0.3 is 0 Å². The van der Waals surface area contributed by atoms with E-state index in [4.69, 9.17) is 4.42 Å². The molecule has 0 spiro atoms. The molecule has 1 fully saturated rings. The molecule has 2 amide bonds. The molecule has 2 aromatic heterocycles. The maximum absolute atomic E-state index is 12.6. The van der Waals surface area contributed by atoms with E-state index in [0.717, 1.165) is 25.9 Å². The Morgan fingerprint density at radius 3 is 2.25 bits per heavy atom. The number of furan rings is 1. The van der Waals surface area contributed by atoms with Crippen LogP contribution in [0, 0.1) is 0 Å². The van der Waals surface area contributed by atoms with Gasteiger partial charge in [0.15, 0.2) is 5.76 Å². The van der Waals surface area contributed by atoms with Crippen LogP contribution in [0.2, 0.25) is 0 Å². The van der Waals surface area contributed by atoms with E-state index in [9.17, 15) is 9.59 Å². The molecule has 0 atom stereocenters. The molecule has 0 aliphatic carbocycles. The Balaban J connectivity index is 1.58. The summed E-state index contributed by atoms with van der Waals surface area (Å²) >= 11 is 0. The fourth-order valence-electron chi connectivity index (χ4n) is 3.30. The van der Waals surface area contributed by atoms with E-state index in [2.05, 4.69) is 23.8 Å². The molecule has 1 aliphatic heterocycles. The van der Waals surface area contributed by atoms with Gasteiger partial charge in [-0.2, -0.15) is 0 Å². The zero-order valence-electron chi connectivity index (χ0n) is 16.5. The van der Waals surface area contributed by atoms with Crippen LogP contribution in [0.25, 0.3) is 0 Å². The van der Waals surface area contributed by atoms with Crippen LogP contribution in [-0.2, 0) is 0 Å². The monoisotopic (exact) mass is 385 g/mol. The fraction of sp³-hybridized carbons (Fsp3) is 0.500. The number of carbonyl (C=O) groups excluding carboxylic acids is 2. The average molecular weight is 385 g/mol. The number of nitrogens with zero attached hydrogens (tertiary/aromatic N) is 5. The summed E-state index contributed by atoms with van der Waals surface area (Å²) in [6, 6.07) is 3.39. The largest absolute Gasteiger partial charge is 0.459 e. The topological polar surface area (TPSA) is 82.8 Å². The third-order valence-corrected chi connectivity index (χ3v) is 4.74. The van der Waals surface area contributed by atoms with Gasteiger partial charge in [-0.1, -0.05) is 13.8 Å². The number of amides is 2. The lowest BCUT2D eigenvalue weighted by Crippen LogP contribution is -2.49. The summed E-state index contributed by atoms with van der Waals surface area (Å²) < 4.78 is 5.18. The standard InChI is InChI=1S/C20H27N5O3/c1-3-7-23(8-4-2)18(26)16-14-21-20(22-15-16)25-11-9-24(10-12-25)19(27)17-6-5-13-28-17/h5-6,13-15H,3-4,7-12H2,1-2H3. The second-order valence-corrected chi connectivity index (χ2v) is 6.82. The van der Waals surface area contributed by atoms with Crippen molar-refractivity contribution in [3.63, 3.8) is 0 Å².